The van der Waals surface area contributed by atoms with Crippen molar-refractivity contribution >= 4 is 11.6 Å². The van der Waals surface area contributed by atoms with Crippen LogP contribution in [0.4, 0.5) is 5.69 Å². The van der Waals surface area contributed by atoms with Gasteiger partial charge in [0.2, 0.25) is 0 Å². The highest BCUT2D eigenvalue weighted by Gasteiger charge is 2.33. The topological polar surface area (TPSA) is 41.6 Å². The minimum atomic E-state index is -0.177. The van der Waals surface area contributed by atoms with Gasteiger partial charge >= 0.3 is 0 Å². The van der Waals surface area contributed by atoms with Gasteiger partial charge in [-0.2, -0.15) is 0 Å². The molecule has 2 rings (SSSR count). The van der Waals surface area contributed by atoms with E-state index < -0.39 is 0 Å². The molecule has 18 heavy (non-hydrogen) atoms. The van der Waals surface area contributed by atoms with Crippen LogP contribution in [0.2, 0.25) is 0 Å². The standard InChI is InChI=1S/C14H20N2O2/c1-11-4-6-12(7-5-11)16(3)13(17)8-18-14(2)9-15-10-14/h4-7,15H,8-10H2,1-3H3. The van der Waals surface area contributed by atoms with Crippen molar-refractivity contribution in [3.8, 4) is 0 Å². The summed E-state index contributed by atoms with van der Waals surface area (Å²) in [6, 6.07) is 7.88. The Bertz CT molecular complexity index is 424. The van der Waals surface area contributed by atoms with Crippen molar-refractivity contribution in [3.63, 3.8) is 0 Å². The monoisotopic (exact) mass is 248 g/mol. The molecule has 0 spiro atoms. The maximum atomic E-state index is 12.0. The summed E-state index contributed by atoms with van der Waals surface area (Å²) in [5.41, 5.74) is 1.90. The number of nitrogens with zero attached hydrogens (tertiary/aromatic N) is 1. The Hall–Kier alpha value is -1.39. The van der Waals surface area contributed by atoms with Crippen LogP contribution in [0.3, 0.4) is 0 Å². The van der Waals surface area contributed by atoms with Gasteiger partial charge in [0.15, 0.2) is 0 Å². The first-order chi connectivity index (χ1) is 8.50. The Morgan fingerprint density at radius 2 is 2.00 bits per heavy atom. The zero-order chi connectivity index (χ0) is 13.2. The van der Waals surface area contributed by atoms with E-state index in [1.54, 1.807) is 11.9 Å². The van der Waals surface area contributed by atoms with Crippen LogP contribution in [-0.2, 0) is 9.53 Å². The predicted molar refractivity (Wildman–Crippen MR) is 71.8 cm³/mol. The molecule has 1 aromatic carbocycles. The van der Waals surface area contributed by atoms with Crippen LogP contribution < -0.4 is 10.2 Å². The highest BCUT2D eigenvalue weighted by molar-refractivity contribution is 5.93. The molecule has 0 bridgehead atoms. The third kappa shape index (κ3) is 2.89. The van der Waals surface area contributed by atoms with E-state index in [-0.39, 0.29) is 18.1 Å². The van der Waals surface area contributed by atoms with Crippen molar-refractivity contribution < 1.29 is 9.53 Å². The number of hydrogen-bond acceptors (Lipinski definition) is 3. The molecule has 1 heterocycles. The Labute approximate surface area is 108 Å². The Morgan fingerprint density at radius 3 is 2.50 bits per heavy atom. The number of benzene rings is 1. The number of carbonyl (C=O) groups is 1. The van der Waals surface area contributed by atoms with Gasteiger partial charge in [0, 0.05) is 25.8 Å². The summed E-state index contributed by atoms with van der Waals surface area (Å²) in [6.45, 7) is 5.80. The lowest BCUT2D eigenvalue weighted by Gasteiger charge is -2.39. The second kappa shape index (κ2) is 5.08. The summed E-state index contributed by atoms with van der Waals surface area (Å²) in [6.07, 6.45) is 0. The van der Waals surface area contributed by atoms with Gasteiger partial charge in [0.25, 0.3) is 5.91 Å². The number of anilines is 1. The smallest absolute Gasteiger partial charge is 0.252 e. The molecule has 1 aliphatic rings. The van der Waals surface area contributed by atoms with Crippen molar-refractivity contribution in [1.82, 2.24) is 5.32 Å². The lowest BCUT2D eigenvalue weighted by Crippen LogP contribution is -2.59. The zero-order valence-electron chi connectivity index (χ0n) is 11.2. The van der Waals surface area contributed by atoms with Crippen LogP contribution in [0, 0.1) is 6.92 Å². The van der Waals surface area contributed by atoms with Gasteiger partial charge in [-0.1, -0.05) is 17.7 Å². The third-order valence-corrected chi connectivity index (χ3v) is 3.34. The minimum Gasteiger partial charge on any atom is -0.363 e. The highest BCUT2D eigenvalue weighted by Crippen LogP contribution is 2.17. The van der Waals surface area contributed by atoms with Crippen LogP contribution in [-0.4, -0.2) is 38.3 Å². The minimum absolute atomic E-state index is 0.0213. The van der Waals surface area contributed by atoms with Crippen molar-refractivity contribution in [3.05, 3.63) is 29.8 Å². The molecule has 0 aromatic heterocycles. The lowest BCUT2D eigenvalue weighted by molar-refractivity contribution is -0.133. The van der Waals surface area contributed by atoms with E-state index in [1.807, 2.05) is 38.1 Å². The summed E-state index contributed by atoms with van der Waals surface area (Å²) >= 11 is 0. The molecule has 1 N–H and O–H groups in total. The molecular formula is C14H20N2O2. The number of likely N-dealkylation sites (N-methyl/N-ethyl adjacent to an activating group) is 1. The second-order valence-corrected chi connectivity index (χ2v) is 5.13. The Balaban J connectivity index is 1.90. The molecule has 1 aromatic rings. The second-order valence-electron chi connectivity index (χ2n) is 5.13. The molecule has 0 atom stereocenters. The number of rotatable bonds is 4. The summed E-state index contributed by atoms with van der Waals surface area (Å²) in [4.78, 5) is 13.6. The van der Waals surface area contributed by atoms with E-state index in [0.29, 0.717) is 0 Å². The van der Waals surface area contributed by atoms with Gasteiger partial charge < -0.3 is 15.0 Å². The molecule has 0 aliphatic carbocycles. The van der Waals surface area contributed by atoms with E-state index in [4.69, 9.17) is 4.74 Å². The lowest BCUT2D eigenvalue weighted by atomic mass is 10.0. The Morgan fingerprint density at radius 1 is 1.39 bits per heavy atom. The first kappa shape index (κ1) is 13.1. The summed E-state index contributed by atoms with van der Waals surface area (Å²) < 4.78 is 5.64. The van der Waals surface area contributed by atoms with Crippen molar-refractivity contribution in [1.29, 1.82) is 0 Å². The van der Waals surface area contributed by atoms with Crippen molar-refractivity contribution in [2.75, 3.05) is 31.6 Å². The van der Waals surface area contributed by atoms with Crippen LogP contribution >= 0.6 is 0 Å². The molecule has 1 amide bonds. The highest BCUT2D eigenvalue weighted by atomic mass is 16.5. The molecule has 1 aliphatic heterocycles. The van der Waals surface area contributed by atoms with Gasteiger partial charge in [-0.15, -0.1) is 0 Å². The fourth-order valence-electron chi connectivity index (χ4n) is 1.82. The first-order valence-electron chi connectivity index (χ1n) is 6.18. The SMILES string of the molecule is Cc1ccc(N(C)C(=O)COC2(C)CNC2)cc1. The normalized spacial score (nSPS) is 17.1. The van der Waals surface area contributed by atoms with Crippen LogP contribution in [0.15, 0.2) is 24.3 Å². The third-order valence-electron chi connectivity index (χ3n) is 3.34. The molecule has 0 unspecified atom stereocenters. The largest absolute Gasteiger partial charge is 0.363 e. The summed E-state index contributed by atoms with van der Waals surface area (Å²) in [5.74, 6) is -0.0213. The molecule has 4 nitrogen and oxygen atoms in total. The number of carbonyl (C=O) groups excluding carboxylic acids is 1. The fraction of sp³-hybridized carbons (Fsp3) is 0.500. The molecule has 4 heteroatoms. The van der Waals surface area contributed by atoms with Gasteiger partial charge in [-0.25, -0.2) is 0 Å². The zero-order valence-corrected chi connectivity index (χ0v) is 11.2. The Kier molecular flexibility index (Phi) is 3.68. The number of amides is 1. The van der Waals surface area contributed by atoms with Crippen molar-refractivity contribution in [2.24, 2.45) is 0 Å². The van der Waals surface area contributed by atoms with Crippen LogP contribution in [0.5, 0.6) is 0 Å². The van der Waals surface area contributed by atoms with E-state index >= 15 is 0 Å². The maximum absolute atomic E-state index is 12.0. The summed E-state index contributed by atoms with van der Waals surface area (Å²) in [7, 11) is 1.78. The number of hydrogen-bond donors (Lipinski definition) is 1. The molecule has 98 valence electrons. The predicted octanol–water partition coefficient (Wildman–Crippen LogP) is 1.34. The maximum Gasteiger partial charge on any atom is 0.252 e. The first-order valence-corrected chi connectivity index (χ1v) is 6.18. The molecule has 0 saturated carbocycles. The van der Waals surface area contributed by atoms with Crippen LogP contribution in [0.25, 0.3) is 0 Å². The molecule has 1 saturated heterocycles. The van der Waals surface area contributed by atoms with E-state index in [9.17, 15) is 4.79 Å². The van der Waals surface area contributed by atoms with Gasteiger partial charge in [0.05, 0.1) is 5.60 Å². The quantitative estimate of drug-likeness (QED) is 0.874. The van der Waals surface area contributed by atoms with E-state index in [0.717, 1.165) is 18.8 Å². The van der Waals surface area contributed by atoms with E-state index in [2.05, 4.69) is 5.32 Å². The number of nitrogens with one attached hydrogen (secondary N) is 1. The van der Waals surface area contributed by atoms with Gasteiger partial charge in [-0.3, -0.25) is 4.79 Å². The summed E-state index contributed by atoms with van der Waals surface area (Å²) in [5, 5.41) is 3.14. The fourth-order valence-corrected chi connectivity index (χ4v) is 1.82. The molecule has 0 radical (unpaired) electrons. The van der Waals surface area contributed by atoms with Crippen molar-refractivity contribution in [2.45, 2.75) is 19.4 Å². The average Bonchev–Trinajstić information content (AvgIpc) is 2.33. The van der Waals surface area contributed by atoms with Gasteiger partial charge in [-0.05, 0) is 26.0 Å². The van der Waals surface area contributed by atoms with Crippen LogP contribution in [0.1, 0.15) is 12.5 Å². The van der Waals surface area contributed by atoms with Gasteiger partial charge in [0.1, 0.15) is 6.61 Å². The number of aryl methyl sites for hydroxylation is 1. The van der Waals surface area contributed by atoms with E-state index in [1.165, 1.54) is 5.56 Å². The molecule has 1 fully saturated rings. The molecular weight excluding hydrogens is 228 g/mol. The average molecular weight is 248 g/mol. The number of ether oxygens (including phenoxy) is 1.